The van der Waals surface area contributed by atoms with Gasteiger partial charge in [-0.1, -0.05) is 25.7 Å². The topological polar surface area (TPSA) is 0 Å². The van der Waals surface area contributed by atoms with Gasteiger partial charge in [0.25, 0.3) is 0 Å². The lowest BCUT2D eigenvalue weighted by Gasteiger charge is -2.37. The van der Waals surface area contributed by atoms with Gasteiger partial charge in [0, 0.05) is 5.25 Å². The van der Waals surface area contributed by atoms with Crippen LogP contribution in [0, 0.1) is 5.92 Å². The molecule has 0 aromatic carbocycles. The average Bonchev–Trinajstić information content (AvgIpc) is 1.89. The Morgan fingerprint density at radius 1 is 0.900 bits per heavy atom. The Morgan fingerprint density at radius 3 is 2.40 bits per heavy atom. The molecule has 0 radical (unpaired) electrons. The molecule has 0 aromatic heterocycles. The van der Waals surface area contributed by atoms with Crippen molar-refractivity contribution in [3.63, 3.8) is 0 Å². The van der Waals surface area contributed by atoms with Crippen LogP contribution in [0.2, 0.25) is 0 Å². The molecule has 0 aromatic rings. The summed E-state index contributed by atoms with van der Waals surface area (Å²) in [6.45, 7) is 0. The smallest absolute Gasteiger partial charge is 0.00833 e. The van der Waals surface area contributed by atoms with E-state index in [-0.39, 0.29) is 0 Å². The molecule has 0 bridgehead atoms. The van der Waals surface area contributed by atoms with Crippen LogP contribution in [0.5, 0.6) is 0 Å². The number of hydrogen-bond acceptors (Lipinski definition) is 1. The highest BCUT2D eigenvalue weighted by Crippen LogP contribution is 2.42. The second-order valence-electron chi connectivity index (χ2n) is 3.62. The van der Waals surface area contributed by atoms with Gasteiger partial charge in [-0.05, 0) is 24.5 Å². The van der Waals surface area contributed by atoms with Crippen LogP contribution in [0.4, 0.5) is 0 Å². The summed E-state index contributed by atoms with van der Waals surface area (Å²) in [6.07, 6.45) is 9.10. The van der Waals surface area contributed by atoms with Crippen molar-refractivity contribution in [1.82, 2.24) is 0 Å². The number of thioether (sulfide) groups is 1. The second kappa shape index (κ2) is 3.17. The van der Waals surface area contributed by atoms with Gasteiger partial charge >= 0.3 is 0 Å². The van der Waals surface area contributed by atoms with Crippen LogP contribution in [-0.2, 0) is 0 Å². The van der Waals surface area contributed by atoms with Gasteiger partial charge in [-0.2, -0.15) is 11.8 Å². The average molecular weight is 156 g/mol. The molecule has 2 fully saturated rings. The van der Waals surface area contributed by atoms with Crippen LogP contribution in [0.3, 0.4) is 0 Å². The predicted molar refractivity (Wildman–Crippen MR) is 47.4 cm³/mol. The highest BCUT2D eigenvalue weighted by molar-refractivity contribution is 8.01. The minimum absolute atomic E-state index is 1.08. The third-order valence-corrected chi connectivity index (χ3v) is 4.53. The van der Waals surface area contributed by atoms with E-state index >= 15 is 0 Å². The first-order chi connectivity index (χ1) is 4.97. The fourth-order valence-electron chi connectivity index (χ4n) is 2.06. The van der Waals surface area contributed by atoms with Gasteiger partial charge in [0.2, 0.25) is 0 Å². The van der Waals surface area contributed by atoms with Crippen LogP contribution < -0.4 is 0 Å². The van der Waals surface area contributed by atoms with Gasteiger partial charge < -0.3 is 0 Å². The van der Waals surface area contributed by atoms with Crippen molar-refractivity contribution >= 4 is 11.8 Å². The van der Waals surface area contributed by atoms with E-state index in [4.69, 9.17) is 0 Å². The summed E-state index contributed by atoms with van der Waals surface area (Å²) >= 11 is 2.21. The van der Waals surface area contributed by atoms with E-state index in [1.165, 1.54) is 44.3 Å². The zero-order valence-corrected chi connectivity index (χ0v) is 7.33. The minimum Gasteiger partial charge on any atom is -0.158 e. The van der Waals surface area contributed by atoms with Crippen molar-refractivity contribution in [1.29, 1.82) is 0 Å². The largest absolute Gasteiger partial charge is 0.158 e. The molecule has 58 valence electrons. The Balaban J connectivity index is 1.83. The first-order valence-corrected chi connectivity index (χ1v) is 5.63. The van der Waals surface area contributed by atoms with Gasteiger partial charge in [-0.15, -0.1) is 0 Å². The molecule has 1 heterocycles. The van der Waals surface area contributed by atoms with Crippen molar-refractivity contribution in [2.45, 2.75) is 43.8 Å². The first kappa shape index (κ1) is 7.02. The van der Waals surface area contributed by atoms with Crippen LogP contribution in [0.25, 0.3) is 0 Å². The molecule has 0 amide bonds. The lowest BCUT2D eigenvalue weighted by molar-refractivity contribution is 0.398. The molecule has 2 aliphatic rings. The van der Waals surface area contributed by atoms with E-state index in [2.05, 4.69) is 11.8 Å². The molecular formula is C9H16S. The fraction of sp³-hybridized carbons (Fsp3) is 1.00. The zero-order chi connectivity index (χ0) is 6.81. The monoisotopic (exact) mass is 156 g/mol. The summed E-state index contributed by atoms with van der Waals surface area (Å²) in [5.74, 6) is 2.61. The summed E-state index contributed by atoms with van der Waals surface area (Å²) in [6, 6.07) is 0. The third-order valence-electron chi connectivity index (χ3n) is 2.86. The molecule has 0 N–H and O–H groups in total. The standard InChI is InChI=1S/C9H16S/c1-2-4-6-9-8(5-3-1)7-10-9/h8-9H,1-7H2. The van der Waals surface area contributed by atoms with E-state index in [0.717, 1.165) is 11.2 Å². The molecule has 2 atom stereocenters. The summed E-state index contributed by atoms with van der Waals surface area (Å²) in [5.41, 5.74) is 0. The van der Waals surface area contributed by atoms with Gasteiger partial charge in [0.15, 0.2) is 0 Å². The Morgan fingerprint density at radius 2 is 1.70 bits per heavy atom. The Bertz CT molecular complexity index is 97.3. The van der Waals surface area contributed by atoms with E-state index in [0.29, 0.717) is 0 Å². The molecular weight excluding hydrogens is 140 g/mol. The number of rotatable bonds is 0. The lowest BCUT2D eigenvalue weighted by Crippen LogP contribution is -2.31. The fourth-order valence-corrected chi connectivity index (χ4v) is 3.44. The number of fused-ring (bicyclic) bond motifs is 1. The first-order valence-electron chi connectivity index (χ1n) is 4.58. The molecule has 1 heteroatoms. The quantitative estimate of drug-likeness (QED) is 0.519. The van der Waals surface area contributed by atoms with Crippen molar-refractivity contribution in [3.05, 3.63) is 0 Å². The van der Waals surface area contributed by atoms with Gasteiger partial charge in [0.05, 0.1) is 0 Å². The molecule has 1 saturated heterocycles. The van der Waals surface area contributed by atoms with Crippen molar-refractivity contribution in [3.8, 4) is 0 Å². The summed E-state index contributed by atoms with van der Waals surface area (Å²) in [7, 11) is 0. The summed E-state index contributed by atoms with van der Waals surface area (Å²) in [5, 5.41) is 1.08. The molecule has 2 rings (SSSR count). The van der Waals surface area contributed by atoms with Gasteiger partial charge in [0.1, 0.15) is 0 Å². The predicted octanol–water partition coefficient (Wildman–Crippen LogP) is 3.07. The molecule has 2 unspecified atom stereocenters. The summed E-state index contributed by atoms with van der Waals surface area (Å²) < 4.78 is 0. The highest BCUT2D eigenvalue weighted by Gasteiger charge is 2.30. The molecule has 0 spiro atoms. The van der Waals surface area contributed by atoms with Crippen molar-refractivity contribution in [2.24, 2.45) is 5.92 Å². The van der Waals surface area contributed by atoms with Crippen molar-refractivity contribution in [2.75, 3.05) is 5.75 Å². The Hall–Kier alpha value is 0.350. The second-order valence-corrected chi connectivity index (χ2v) is 4.90. The summed E-state index contributed by atoms with van der Waals surface area (Å²) in [4.78, 5) is 0. The van der Waals surface area contributed by atoms with Gasteiger partial charge in [-0.25, -0.2) is 0 Å². The van der Waals surface area contributed by atoms with Crippen molar-refractivity contribution < 1.29 is 0 Å². The molecule has 0 nitrogen and oxygen atoms in total. The Kier molecular flexibility index (Phi) is 2.22. The molecule has 1 aliphatic carbocycles. The van der Waals surface area contributed by atoms with E-state index in [9.17, 15) is 0 Å². The van der Waals surface area contributed by atoms with Crippen LogP contribution >= 0.6 is 11.8 Å². The normalized spacial score (nSPS) is 40.8. The van der Waals surface area contributed by atoms with E-state index in [1.54, 1.807) is 0 Å². The SMILES string of the molecule is C1CCCC2SCC2CC1. The van der Waals surface area contributed by atoms with Crippen LogP contribution in [-0.4, -0.2) is 11.0 Å². The maximum atomic E-state index is 2.21. The van der Waals surface area contributed by atoms with Crippen LogP contribution in [0.15, 0.2) is 0 Å². The maximum absolute atomic E-state index is 2.21. The molecule has 1 aliphatic heterocycles. The lowest BCUT2D eigenvalue weighted by atomic mass is 9.91. The minimum atomic E-state index is 1.08. The zero-order valence-electron chi connectivity index (χ0n) is 6.51. The highest BCUT2D eigenvalue weighted by atomic mass is 32.2. The molecule has 1 saturated carbocycles. The Labute approximate surface area is 67.8 Å². The third kappa shape index (κ3) is 1.34. The van der Waals surface area contributed by atoms with E-state index in [1.807, 2.05) is 0 Å². The van der Waals surface area contributed by atoms with E-state index < -0.39 is 0 Å². The maximum Gasteiger partial charge on any atom is 0.00833 e. The molecule has 10 heavy (non-hydrogen) atoms. The van der Waals surface area contributed by atoms with Crippen LogP contribution in [0.1, 0.15) is 38.5 Å². The number of hydrogen-bond donors (Lipinski definition) is 0. The van der Waals surface area contributed by atoms with Gasteiger partial charge in [-0.3, -0.25) is 0 Å².